The molecule has 0 radical (unpaired) electrons. The Morgan fingerprint density at radius 3 is 2.39 bits per heavy atom. The Balaban J connectivity index is 1.41. The lowest BCUT2D eigenvalue weighted by Gasteiger charge is -2.41. The molecule has 6 nitrogen and oxygen atoms in total. The SMILES string of the molecule is COc1ccc(SN[C@@H]2CCCC[C@H]2NS(=O)(=O)CC23CCC(CC2O)C3(C)C)cc1. The highest BCUT2D eigenvalue weighted by atomic mass is 32.2. The third kappa shape index (κ3) is 4.51. The highest BCUT2D eigenvalue weighted by Crippen LogP contribution is 2.66. The summed E-state index contributed by atoms with van der Waals surface area (Å²) in [6, 6.07) is 7.79. The van der Waals surface area contributed by atoms with Crippen LogP contribution in [0.2, 0.25) is 0 Å². The summed E-state index contributed by atoms with van der Waals surface area (Å²) in [4.78, 5) is 1.07. The van der Waals surface area contributed by atoms with Gasteiger partial charge in [0.15, 0.2) is 0 Å². The molecule has 0 aromatic heterocycles. The van der Waals surface area contributed by atoms with Gasteiger partial charge in [0.25, 0.3) is 0 Å². The normalized spacial score (nSPS) is 34.7. The second-order valence-corrected chi connectivity index (χ2v) is 12.8. The average molecular weight is 469 g/mol. The number of ether oxygens (including phenoxy) is 1. The lowest BCUT2D eigenvalue weighted by Crippen LogP contribution is -2.53. The van der Waals surface area contributed by atoms with Crippen LogP contribution in [0.1, 0.15) is 58.8 Å². The van der Waals surface area contributed by atoms with Gasteiger partial charge >= 0.3 is 0 Å². The van der Waals surface area contributed by atoms with Crippen LogP contribution in [0, 0.1) is 16.7 Å². The minimum absolute atomic E-state index is 0.0273. The van der Waals surface area contributed by atoms with Crippen LogP contribution in [-0.4, -0.2) is 44.6 Å². The van der Waals surface area contributed by atoms with Gasteiger partial charge in [-0.3, -0.25) is 4.72 Å². The van der Waals surface area contributed by atoms with Crippen molar-refractivity contribution in [2.45, 2.75) is 81.9 Å². The van der Waals surface area contributed by atoms with Crippen LogP contribution in [-0.2, 0) is 10.0 Å². The number of aliphatic hydroxyl groups is 1. The van der Waals surface area contributed by atoms with Gasteiger partial charge in [-0.1, -0.05) is 26.7 Å². The lowest BCUT2D eigenvalue weighted by molar-refractivity contribution is 0.0151. The second kappa shape index (κ2) is 8.86. The van der Waals surface area contributed by atoms with E-state index in [1.54, 1.807) is 7.11 Å². The van der Waals surface area contributed by atoms with E-state index in [1.807, 2.05) is 24.3 Å². The zero-order chi connectivity index (χ0) is 22.3. The van der Waals surface area contributed by atoms with E-state index in [1.165, 1.54) is 11.9 Å². The fourth-order valence-electron chi connectivity index (χ4n) is 6.19. The number of methoxy groups -OCH3 is 1. The Morgan fingerprint density at radius 2 is 1.81 bits per heavy atom. The Hall–Kier alpha value is -0.800. The molecule has 0 heterocycles. The van der Waals surface area contributed by atoms with Crippen LogP contribution in [0.4, 0.5) is 0 Å². The fraction of sp³-hybridized carbons (Fsp3) is 0.739. The van der Waals surface area contributed by atoms with Gasteiger partial charge in [-0.25, -0.2) is 13.1 Å². The predicted octanol–water partition coefficient (Wildman–Crippen LogP) is 3.71. The first-order valence-electron chi connectivity index (χ1n) is 11.4. The van der Waals surface area contributed by atoms with Gasteiger partial charge in [0, 0.05) is 22.4 Å². The minimum atomic E-state index is -3.51. The molecule has 0 saturated heterocycles. The standard InChI is InChI=1S/C23H36N2O4S2/c1-22(2)16-12-13-23(22,21(26)14-16)15-31(27,28)25-20-7-5-4-6-19(20)24-30-18-10-8-17(29-3)9-11-18/h8-11,16,19-21,24-26H,4-7,12-15H2,1-3H3/t16?,19-,20-,21?,23?/m1/s1. The van der Waals surface area contributed by atoms with E-state index in [9.17, 15) is 13.5 Å². The van der Waals surface area contributed by atoms with Crippen LogP contribution < -0.4 is 14.2 Å². The molecule has 0 amide bonds. The van der Waals surface area contributed by atoms with Gasteiger partial charge in [-0.2, -0.15) is 0 Å². The summed E-state index contributed by atoms with van der Waals surface area (Å²) in [5, 5.41) is 10.8. The zero-order valence-electron chi connectivity index (χ0n) is 18.8. The summed E-state index contributed by atoms with van der Waals surface area (Å²) in [6.07, 6.45) is 5.92. The van der Waals surface area contributed by atoms with Gasteiger partial charge in [-0.05, 0) is 79.7 Å². The molecule has 3 aliphatic carbocycles. The van der Waals surface area contributed by atoms with Crippen molar-refractivity contribution in [2.75, 3.05) is 12.9 Å². The quantitative estimate of drug-likeness (QED) is 0.504. The summed E-state index contributed by atoms with van der Waals surface area (Å²) < 4.78 is 38.3. The minimum Gasteiger partial charge on any atom is -0.497 e. The Bertz CT molecular complexity index is 874. The average Bonchev–Trinajstić information content (AvgIpc) is 3.07. The number of rotatable bonds is 8. The topological polar surface area (TPSA) is 87.7 Å². The summed E-state index contributed by atoms with van der Waals surface area (Å²) in [5.74, 6) is 1.26. The van der Waals surface area contributed by atoms with Crippen LogP contribution in [0.3, 0.4) is 0 Å². The predicted molar refractivity (Wildman–Crippen MR) is 125 cm³/mol. The zero-order valence-corrected chi connectivity index (χ0v) is 20.4. The molecule has 0 spiro atoms. The van der Waals surface area contributed by atoms with Crippen molar-refractivity contribution in [3.05, 3.63) is 24.3 Å². The van der Waals surface area contributed by atoms with Crippen LogP contribution in [0.15, 0.2) is 29.2 Å². The summed E-state index contributed by atoms with van der Waals surface area (Å²) >= 11 is 1.54. The van der Waals surface area contributed by atoms with Crippen LogP contribution in [0.5, 0.6) is 5.75 Å². The molecule has 0 aliphatic heterocycles. The largest absolute Gasteiger partial charge is 0.497 e. The first kappa shape index (κ1) is 23.4. The molecular weight excluding hydrogens is 432 g/mol. The van der Waals surface area contributed by atoms with Crippen molar-refractivity contribution in [1.29, 1.82) is 0 Å². The number of hydrogen-bond acceptors (Lipinski definition) is 6. The molecule has 4 rings (SSSR count). The monoisotopic (exact) mass is 468 g/mol. The highest BCUT2D eigenvalue weighted by Gasteiger charge is 2.65. The van der Waals surface area contributed by atoms with Crippen LogP contribution in [0.25, 0.3) is 0 Å². The molecule has 3 fully saturated rings. The van der Waals surface area contributed by atoms with Gasteiger partial charge < -0.3 is 9.84 Å². The molecule has 3 unspecified atom stereocenters. The maximum Gasteiger partial charge on any atom is 0.212 e. The summed E-state index contributed by atoms with van der Waals surface area (Å²) in [7, 11) is -1.86. The third-order valence-corrected chi connectivity index (χ3v) is 10.8. The summed E-state index contributed by atoms with van der Waals surface area (Å²) in [5.41, 5.74) is -0.672. The summed E-state index contributed by atoms with van der Waals surface area (Å²) in [6.45, 7) is 4.29. The van der Waals surface area contributed by atoms with E-state index < -0.39 is 21.5 Å². The van der Waals surface area contributed by atoms with Crippen molar-refractivity contribution in [1.82, 2.24) is 9.44 Å². The molecule has 1 aromatic rings. The molecule has 31 heavy (non-hydrogen) atoms. The maximum absolute atomic E-state index is 13.3. The molecule has 8 heteroatoms. The highest BCUT2D eigenvalue weighted by molar-refractivity contribution is 7.97. The van der Waals surface area contributed by atoms with Crippen LogP contribution >= 0.6 is 11.9 Å². The smallest absolute Gasteiger partial charge is 0.212 e. The second-order valence-electron chi connectivity index (χ2n) is 10.1. The van der Waals surface area contributed by atoms with E-state index in [2.05, 4.69) is 23.3 Å². The fourth-order valence-corrected chi connectivity index (χ4v) is 9.25. The van der Waals surface area contributed by atoms with E-state index in [-0.39, 0.29) is 23.3 Å². The Labute approximate surface area is 191 Å². The van der Waals surface area contributed by atoms with Crippen molar-refractivity contribution in [3.63, 3.8) is 0 Å². The number of hydrogen-bond donors (Lipinski definition) is 3. The first-order valence-corrected chi connectivity index (χ1v) is 13.9. The number of benzene rings is 1. The molecule has 3 N–H and O–H groups in total. The molecule has 5 atom stereocenters. The van der Waals surface area contributed by atoms with Crippen molar-refractivity contribution in [2.24, 2.45) is 16.7 Å². The van der Waals surface area contributed by atoms with E-state index in [0.717, 1.165) is 55.6 Å². The van der Waals surface area contributed by atoms with Gasteiger partial charge in [0.2, 0.25) is 10.0 Å². The third-order valence-electron chi connectivity index (χ3n) is 8.32. The molecular formula is C23H36N2O4S2. The van der Waals surface area contributed by atoms with Crippen molar-refractivity contribution >= 4 is 22.0 Å². The molecule has 1 aromatic carbocycles. The molecule has 3 aliphatic rings. The van der Waals surface area contributed by atoms with E-state index >= 15 is 0 Å². The van der Waals surface area contributed by atoms with Crippen molar-refractivity contribution < 1.29 is 18.3 Å². The van der Waals surface area contributed by atoms with Gasteiger partial charge in [0.1, 0.15) is 5.75 Å². The van der Waals surface area contributed by atoms with E-state index in [4.69, 9.17) is 4.74 Å². The number of sulfonamides is 1. The van der Waals surface area contributed by atoms with Gasteiger partial charge in [0.05, 0.1) is 19.0 Å². The Morgan fingerprint density at radius 1 is 1.13 bits per heavy atom. The Kier molecular flexibility index (Phi) is 6.68. The lowest BCUT2D eigenvalue weighted by atomic mass is 9.70. The van der Waals surface area contributed by atoms with Gasteiger partial charge in [-0.15, -0.1) is 0 Å². The number of aliphatic hydroxyl groups excluding tert-OH is 1. The molecule has 174 valence electrons. The van der Waals surface area contributed by atoms with E-state index in [0.29, 0.717) is 5.92 Å². The number of nitrogens with one attached hydrogen (secondary N) is 2. The van der Waals surface area contributed by atoms with Crippen molar-refractivity contribution in [3.8, 4) is 5.75 Å². The first-order chi connectivity index (χ1) is 14.7. The number of fused-ring (bicyclic) bond motifs is 2. The maximum atomic E-state index is 13.3. The molecule has 2 bridgehead atoms. The molecule has 3 saturated carbocycles.